The average molecular weight is 178 g/mol. The first kappa shape index (κ1) is 8.44. The van der Waals surface area contributed by atoms with Gasteiger partial charge in [-0.25, -0.2) is 9.67 Å². The molecule has 1 fully saturated rings. The molecular formula is C9H14N4. The third-order valence-corrected chi connectivity index (χ3v) is 2.12. The van der Waals surface area contributed by atoms with E-state index in [4.69, 9.17) is 0 Å². The molecule has 0 atom stereocenters. The van der Waals surface area contributed by atoms with Gasteiger partial charge in [-0.15, -0.1) is 0 Å². The van der Waals surface area contributed by atoms with Crippen molar-refractivity contribution in [2.45, 2.75) is 19.9 Å². The molecule has 2 rings (SSSR count). The molecule has 1 N–H and O–H groups in total. The highest BCUT2D eigenvalue weighted by Gasteiger charge is 2.08. The van der Waals surface area contributed by atoms with E-state index >= 15 is 0 Å². The van der Waals surface area contributed by atoms with Crippen LogP contribution in [0.4, 0.5) is 0 Å². The Bertz CT molecular complexity index is 307. The normalized spacial score (nSPS) is 15.6. The van der Waals surface area contributed by atoms with Gasteiger partial charge in [-0.2, -0.15) is 5.10 Å². The molecule has 1 saturated heterocycles. The molecule has 0 aromatic carbocycles. The minimum Gasteiger partial charge on any atom is -0.309 e. The second kappa shape index (κ2) is 3.70. The maximum absolute atomic E-state index is 4.20. The molecule has 1 aromatic heterocycles. The smallest absolute Gasteiger partial charge is 0.150 e. The third kappa shape index (κ3) is 1.78. The summed E-state index contributed by atoms with van der Waals surface area (Å²) in [6, 6.07) is 0. The SMILES string of the molecule is CCCn1ncnc1C=C1CNC1. The van der Waals surface area contributed by atoms with Crippen molar-refractivity contribution in [1.29, 1.82) is 0 Å². The number of nitrogens with zero attached hydrogens (tertiary/aromatic N) is 3. The Labute approximate surface area is 77.7 Å². The predicted octanol–water partition coefficient (Wildman–Crippen LogP) is 0.675. The van der Waals surface area contributed by atoms with Crippen LogP contribution in [0, 0.1) is 0 Å². The lowest BCUT2D eigenvalue weighted by molar-refractivity contribution is 0.594. The number of aromatic nitrogens is 3. The summed E-state index contributed by atoms with van der Waals surface area (Å²) in [5, 5.41) is 7.36. The Morgan fingerprint density at radius 1 is 1.62 bits per heavy atom. The Hall–Kier alpha value is -1.16. The van der Waals surface area contributed by atoms with Gasteiger partial charge in [0.25, 0.3) is 0 Å². The Morgan fingerprint density at radius 2 is 2.46 bits per heavy atom. The van der Waals surface area contributed by atoms with Crippen molar-refractivity contribution in [3.05, 3.63) is 17.7 Å². The fraction of sp³-hybridized carbons (Fsp3) is 0.556. The molecule has 0 amide bonds. The van der Waals surface area contributed by atoms with Crippen LogP contribution in [0.25, 0.3) is 6.08 Å². The molecule has 1 aromatic rings. The molecule has 13 heavy (non-hydrogen) atoms. The zero-order chi connectivity index (χ0) is 9.10. The van der Waals surface area contributed by atoms with Gasteiger partial charge in [0.1, 0.15) is 6.33 Å². The zero-order valence-corrected chi connectivity index (χ0v) is 7.82. The van der Waals surface area contributed by atoms with Crippen LogP contribution in [0.5, 0.6) is 0 Å². The molecular weight excluding hydrogens is 164 g/mol. The van der Waals surface area contributed by atoms with Gasteiger partial charge in [-0.3, -0.25) is 0 Å². The minimum atomic E-state index is 0.951. The monoisotopic (exact) mass is 178 g/mol. The highest BCUT2D eigenvalue weighted by atomic mass is 15.3. The van der Waals surface area contributed by atoms with Gasteiger partial charge in [0, 0.05) is 19.6 Å². The number of nitrogens with one attached hydrogen (secondary N) is 1. The Balaban J connectivity index is 2.14. The number of rotatable bonds is 3. The van der Waals surface area contributed by atoms with Crippen LogP contribution in [0.15, 0.2) is 11.9 Å². The average Bonchev–Trinajstić information content (AvgIpc) is 2.46. The van der Waals surface area contributed by atoms with Crippen molar-refractivity contribution in [1.82, 2.24) is 20.1 Å². The molecule has 1 aliphatic rings. The van der Waals surface area contributed by atoms with Gasteiger partial charge in [-0.1, -0.05) is 6.92 Å². The number of hydrogen-bond acceptors (Lipinski definition) is 3. The first-order valence-corrected chi connectivity index (χ1v) is 4.68. The van der Waals surface area contributed by atoms with E-state index in [1.54, 1.807) is 6.33 Å². The highest BCUT2D eigenvalue weighted by molar-refractivity contribution is 5.48. The number of hydrogen-bond donors (Lipinski definition) is 1. The molecule has 2 heterocycles. The van der Waals surface area contributed by atoms with Crippen LogP contribution in [-0.4, -0.2) is 27.9 Å². The molecule has 0 saturated carbocycles. The zero-order valence-electron chi connectivity index (χ0n) is 7.82. The molecule has 0 aliphatic carbocycles. The highest BCUT2D eigenvalue weighted by Crippen LogP contribution is 2.07. The van der Waals surface area contributed by atoms with Gasteiger partial charge < -0.3 is 5.32 Å². The Kier molecular flexibility index (Phi) is 2.40. The summed E-state index contributed by atoms with van der Waals surface area (Å²) < 4.78 is 1.95. The summed E-state index contributed by atoms with van der Waals surface area (Å²) in [5.41, 5.74) is 1.41. The van der Waals surface area contributed by atoms with Crippen LogP contribution in [0.2, 0.25) is 0 Å². The van der Waals surface area contributed by atoms with Crippen LogP contribution >= 0.6 is 0 Å². The maximum Gasteiger partial charge on any atom is 0.150 e. The fourth-order valence-corrected chi connectivity index (χ4v) is 1.32. The topological polar surface area (TPSA) is 42.7 Å². The molecule has 4 nitrogen and oxygen atoms in total. The van der Waals surface area contributed by atoms with Crippen LogP contribution in [-0.2, 0) is 6.54 Å². The van der Waals surface area contributed by atoms with Gasteiger partial charge >= 0.3 is 0 Å². The second-order valence-electron chi connectivity index (χ2n) is 3.25. The van der Waals surface area contributed by atoms with Crippen LogP contribution in [0.1, 0.15) is 19.2 Å². The lowest BCUT2D eigenvalue weighted by atomic mass is 10.1. The quantitative estimate of drug-likeness (QED) is 0.740. The predicted molar refractivity (Wildman–Crippen MR) is 51.2 cm³/mol. The standard InChI is InChI=1S/C9H14N4/c1-2-3-13-9(11-7-12-13)4-8-5-10-6-8/h4,7,10H,2-3,5-6H2,1H3. The Morgan fingerprint density at radius 3 is 3.08 bits per heavy atom. The lowest BCUT2D eigenvalue weighted by Gasteiger charge is -2.18. The van der Waals surface area contributed by atoms with E-state index < -0.39 is 0 Å². The van der Waals surface area contributed by atoms with E-state index in [2.05, 4.69) is 28.4 Å². The first-order chi connectivity index (χ1) is 6.40. The molecule has 0 bridgehead atoms. The largest absolute Gasteiger partial charge is 0.309 e. The van der Waals surface area contributed by atoms with E-state index in [0.29, 0.717) is 0 Å². The summed E-state index contributed by atoms with van der Waals surface area (Å²) in [4.78, 5) is 4.20. The minimum absolute atomic E-state index is 0.951. The van der Waals surface area contributed by atoms with Crippen LogP contribution in [0.3, 0.4) is 0 Å². The van der Waals surface area contributed by atoms with Crippen molar-refractivity contribution in [3.63, 3.8) is 0 Å². The summed E-state index contributed by atoms with van der Waals surface area (Å²) in [6.07, 6.45) is 4.84. The van der Waals surface area contributed by atoms with E-state index in [9.17, 15) is 0 Å². The molecule has 70 valence electrons. The van der Waals surface area contributed by atoms with Crippen molar-refractivity contribution in [3.8, 4) is 0 Å². The molecule has 1 aliphatic heterocycles. The van der Waals surface area contributed by atoms with E-state index in [-0.39, 0.29) is 0 Å². The summed E-state index contributed by atoms with van der Waals surface area (Å²) >= 11 is 0. The van der Waals surface area contributed by atoms with E-state index in [1.807, 2.05) is 4.68 Å². The molecule has 0 unspecified atom stereocenters. The summed E-state index contributed by atoms with van der Waals surface area (Å²) in [5.74, 6) is 0.985. The van der Waals surface area contributed by atoms with Crippen molar-refractivity contribution >= 4 is 6.08 Å². The van der Waals surface area contributed by atoms with Crippen molar-refractivity contribution in [2.75, 3.05) is 13.1 Å². The lowest BCUT2D eigenvalue weighted by Crippen LogP contribution is -2.33. The van der Waals surface area contributed by atoms with Gasteiger partial charge in [0.05, 0.1) is 0 Å². The third-order valence-electron chi connectivity index (χ3n) is 2.12. The molecule has 0 spiro atoms. The number of aryl methyl sites for hydroxylation is 1. The molecule has 4 heteroatoms. The first-order valence-electron chi connectivity index (χ1n) is 4.68. The van der Waals surface area contributed by atoms with Crippen molar-refractivity contribution < 1.29 is 0 Å². The van der Waals surface area contributed by atoms with E-state index in [0.717, 1.165) is 31.9 Å². The van der Waals surface area contributed by atoms with Crippen molar-refractivity contribution in [2.24, 2.45) is 0 Å². The molecule has 0 radical (unpaired) electrons. The summed E-state index contributed by atoms with van der Waals surface area (Å²) in [7, 11) is 0. The van der Waals surface area contributed by atoms with E-state index in [1.165, 1.54) is 5.57 Å². The second-order valence-corrected chi connectivity index (χ2v) is 3.25. The summed E-state index contributed by atoms with van der Waals surface area (Å²) in [6.45, 7) is 5.09. The van der Waals surface area contributed by atoms with Gasteiger partial charge in [0.15, 0.2) is 5.82 Å². The maximum atomic E-state index is 4.20. The van der Waals surface area contributed by atoms with Crippen LogP contribution < -0.4 is 5.32 Å². The van der Waals surface area contributed by atoms with Gasteiger partial charge in [-0.05, 0) is 18.1 Å². The fourth-order valence-electron chi connectivity index (χ4n) is 1.32. The van der Waals surface area contributed by atoms with Gasteiger partial charge in [0.2, 0.25) is 0 Å².